The molecular weight excluding hydrogens is 342 g/mol. The van der Waals surface area contributed by atoms with Gasteiger partial charge in [-0.05, 0) is 37.1 Å². The lowest BCUT2D eigenvalue weighted by molar-refractivity contribution is 0.0740. The second-order valence-corrected chi connectivity index (χ2v) is 7.15. The fourth-order valence-electron chi connectivity index (χ4n) is 3.55. The zero-order valence-corrected chi connectivity index (χ0v) is 16.3. The Morgan fingerprint density at radius 1 is 1.26 bits per heavy atom. The zero-order valence-electron chi connectivity index (χ0n) is 16.3. The van der Waals surface area contributed by atoms with Crippen molar-refractivity contribution >= 4 is 11.7 Å². The number of carbonyl (C=O) groups excluding carboxylic acids is 1. The molecule has 0 spiro atoms. The van der Waals surface area contributed by atoms with Crippen LogP contribution in [-0.2, 0) is 0 Å². The van der Waals surface area contributed by atoms with Crippen LogP contribution in [0.2, 0.25) is 0 Å². The van der Waals surface area contributed by atoms with Gasteiger partial charge in [-0.3, -0.25) is 4.79 Å². The Morgan fingerprint density at radius 2 is 2.00 bits per heavy atom. The van der Waals surface area contributed by atoms with Crippen molar-refractivity contribution in [2.45, 2.75) is 39.5 Å². The second kappa shape index (κ2) is 8.37. The minimum atomic E-state index is -0.523. The van der Waals surface area contributed by atoms with Crippen LogP contribution in [0.5, 0.6) is 0 Å². The summed E-state index contributed by atoms with van der Waals surface area (Å²) in [5, 5.41) is 0. The Morgan fingerprint density at radius 3 is 2.59 bits per heavy atom. The molecule has 0 aliphatic carbocycles. The lowest BCUT2D eigenvalue weighted by Gasteiger charge is -2.35. The average molecular weight is 369 g/mol. The van der Waals surface area contributed by atoms with Gasteiger partial charge in [0.05, 0.1) is 0 Å². The molecule has 0 N–H and O–H groups in total. The Labute approximate surface area is 159 Å². The Hall–Kier alpha value is -2.63. The zero-order chi connectivity index (χ0) is 19.4. The number of carbonyl (C=O) groups is 1. The third kappa shape index (κ3) is 4.21. The predicted octanol–water partition coefficient (Wildman–Crippen LogP) is 3.21. The van der Waals surface area contributed by atoms with E-state index in [1.165, 1.54) is 0 Å². The predicted molar refractivity (Wildman–Crippen MR) is 105 cm³/mol. The summed E-state index contributed by atoms with van der Waals surface area (Å²) in [6.07, 6.45) is 3.73. The number of amides is 1. The molecule has 6 nitrogen and oxygen atoms in total. The Balaban J connectivity index is 1.72. The van der Waals surface area contributed by atoms with Gasteiger partial charge in [0, 0.05) is 38.3 Å². The van der Waals surface area contributed by atoms with E-state index in [0.717, 1.165) is 18.7 Å². The first-order valence-electron chi connectivity index (χ1n) is 9.61. The summed E-state index contributed by atoms with van der Waals surface area (Å²) in [7, 11) is 0. The van der Waals surface area contributed by atoms with Crippen LogP contribution in [0.15, 0.2) is 39.7 Å². The van der Waals surface area contributed by atoms with E-state index in [1.54, 1.807) is 11.1 Å². The van der Waals surface area contributed by atoms with Gasteiger partial charge in [-0.2, -0.15) is 0 Å². The van der Waals surface area contributed by atoms with Crippen molar-refractivity contribution in [1.29, 1.82) is 0 Å². The number of hydrogen-bond acceptors (Lipinski definition) is 5. The van der Waals surface area contributed by atoms with Crippen LogP contribution in [0.4, 0.5) is 5.82 Å². The highest BCUT2D eigenvalue weighted by Gasteiger charge is 2.27. The summed E-state index contributed by atoms with van der Waals surface area (Å²) in [6, 6.07) is 7.65. The third-order valence-electron chi connectivity index (χ3n) is 5.13. The molecule has 144 valence electrons. The highest BCUT2D eigenvalue weighted by atomic mass is 16.4. The molecular formula is C21H27N3O3. The lowest BCUT2D eigenvalue weighted by atomic mass is 10.00. The van der Waals surface area contributed by atoms with E-state index in [-0.39, 0.29) is 17.4 Å². The summed E-state index contributed by atoms with van der Waals surface area (Å²) in [5.41, 5.74) is 0.334. The standard InChI is InChI=1S/C21H27N3O3/c1-4-7-15(2)17-14-16(3)19(21(26)27-17)20(25)24-12-10-23(11-13-24)18-8-5-6-9-22-18/h5-6,8-9,14-15H,4,7,10-13H2,1-3H3. The van der Waals surface area contributed by atoms with Crippen molar-refractivity contribution in [3.8, 4) is 0 Å². The van der Waals surface area contributed by atoms with Gasteiger partial charge in [-0.15, -0.1) is 0 Å². The van der Waals surface area contributed by atoms with Gasteiger partial charge >= 0.3 is 5.63 Å². The molecule has 1 aliphatic rings. The third-order valence-corrected chi connectivity index (χ3v) is 5.13. The molecule has 1 aliphatic heterocycles. The molecule has 0 radical (unpaired) electrons. The molecule has 1 unspecified atom stereocenters. The molecule has 1 atom stereocenters. The molecule has 0 aromatic carbocycles. The van der Waals surface area contributed by atoms with Crippen LogP contribution >= 0.6 is 0 Å². The van der Waals surface area contributed by atoms with Crippen LogP contribution in [0.1, 0.15) is 54.3 Å². The van der Waals surface area contributed by atoms with Crippen molar-refractivity contribution in [3.63, 3.8) is 0 Å². The molecule has 3 heterocycles. The van der Waals surface area contributed by atoms with E-state index in [2.05, 4.69) is 16.8 Å². The SMILES string of the molecule is CCCC(C)c1cc(C)c(C(=O)N2CCN(c3ccccn3)CC2)c(=O)o1. The van der Waals surface area contributed by atoms with E-state index < -0.39 is 5.63 Å². The Bertz CT molecular complexity index is 839. The van der Waals surface area contributed by atoms with Gasteiger partial charge < -0.3 is 14.2 Å². The van der Waals surface area contributed by atoms with Crippen LogP contribution in [0, 0.1) is 6.92 Å². The van der Waals surface area contributed by atoms with Crippen LogP contribution in [0.3, 0.4) is 0 Å². The second-order valence-electron chi connectivity index (χ2n) is 7.15. The molecule has 2 aromatic rings. The van der Waals surface area contributed by atoms with Crippen molar-refractivity contribution in [1.82, 2.24) is 9.88 Å². The van der Waals surface area contributed by atoms with Crippen LogP contribution < -0.4 is 10.5 Å². The number of anilines is 1. The molecule has 1 fully saturated rings. The topological polar surface area (TPSA) is 66.7 Å². The van der Waals surface area contributed by atoms with Crippen molar-refractivity contribution < 1.29 is 9.21 Å². The van der Waals surface area contributed by atoms with Crippen LogP contribution in [-0.4, -0.2) is 42.0 Å². The molecule has 1 saturated heterocycles. The van der Waals surface area contributed by atoms with E-state index in [1.807, 2.05) is 38.1 Å². The maximum Gasteiger partial charge on any atom is 0.349 e. The van der Waals surface area contributed by atoms with Gasteiger partial charge in [0.25, 0.3) is 5.91 Å². The van der Waals surface area contributed by atoms with Crippen molar-refractivity contribution in [2.75, 3.05) is 31.1 Å². The first-order valence-corrected chi connectivity index (χ1v) is 9.61. The number of aryl methyl sites for hydroxylation is 1. The molecule has 6 heteroatoms. The smallest absolute Gasteiger partial charge is 0.349 e. The minimum Gasteiger partial charge on any atom is -0.427 e. The van der Waals surface area contributed by atoms with Gasteiger partial charge in [-0.1, -0.05) is 26.3 Å². The number of pyridine rings is 1. The number of rotatable bonds is 5. The van der Waals surface area contributed by atoms with Gasteiger partial charge in [0.15, 0.2) is 0 Å². The first-order chi connectivity index (χ1) is 13.0. The molecule has 27 heavy (non-hydrogen) atoms. The maximum atomic E-state index is 12.9. The Kier molecular flexibility index (Phi) is 5.94. The van der Waals surface area contributed by atoms with Crippen LogP contribution in [0.25, 0.3) is 0 Å². The number of aromatic nitrogens is 1. The number of piperazine rings is 1. The fourth-order valence-corrected chi connectivity index (χ4v) is 3.55. The van der Waals surface area contributed by atoms with Crippen molar-refractivity contribution in [2.24, 2.45) is 0 Å². The molecule has 3 rings (SSSR count). The number of nitrogens with zero attached hydrogens (tertiary/aromatic N) is 3. The quantitative estimate of drug-likeness (QED) is 0.810. The summed E-state index contributed by atoms with van der Waals surface area (Å²) >= 11 is 0. The highest BCUT2D eigenvalue weighted by Crippen LogP contribution is 2.22. The van der Waals surface area contributed by atoms with E-state index >= 15 is 0 Å². The monoisotopic (exact) mass is 369 g/mol. The maximum absolute atomic E-state index is 12.9. The number of hydrogen-bond donors (Lipinski definition) is 0. The lowest BCUT2D eigenvalue weighted by Crippen LogP contribution is -2.50. The van der Waals surface area contributed by atoms with E-state index in [0.29, 0.717) is 37.5 Å². The summed E-state index contributed by atoms with van der Waals surface area (Å²) in [5.74, 6) is 1.51. The van der Waals surface area contributed by atoms with E-state index in [9.17, 15) is 9.59 Å². The normalized spacial score (nSPS) is 15.7. The highest BCUT2D eigenvalue weighted by molar-refractivity contribution is 5.95. The van der Waals surface area contributed by atoms with Gasteiger partial charge in [-0.25, -0.2) is 9.78 Å². The van der Waals surface area contributed by atoms with Crippen molar-refractivity contribution in [3.05, 3.63) is 57.8 Å². The van der Waals surface area contributed by atoms with Gasteiger partial charge in [0.1, 0.15) is 17.1 Å². The summed E-state index contributed by atoms with van der Waals surface area (Å²) < 4.78 is 5.48. The van der Waals surface area contributed by atoms with Gasteiger partial charge in [0.2, 0.25) is 0 Å². The van der Waals surface area contributed by atoms with E-state index in [4.69, 9.17) is 4.42 Å². The molecule has 1 amide bonds. The molecule has 2 aromatic heterocycles. The molecule has 0 bridgehead atoms. The average Bonchev–Trinajstić information content (AvgIpc) is 2.68. The first kappa shape index (κ1) is 19.1. The fraction of sp³-hybridized carbons (Fsp3) is 0.476. The summed E-state index contributed by atoms with van der Waals surface area (Å²) in [6.45, 7) is 8.46. The minimum absolute atomic E-state index is 0.161. The largest absolute Gasteiger partial charge is 0.427 e. The summed E-state index contributed by atoms with van der Waals surface area (Å²) in [4.78, 5) is 33.7. The molecule has 0 saturated carbocycles.